The Morgan fingerprint density at radius 2 is 2.08 bits per heavy atom. The van der Waals surface area contributed by atoms with Crippen molar-refractivity contribution < 1.29 is 13.9 Å². The lowest BCUT2D eigenvalue weighted by atomic mass is 10.3. The van der Waals surface area contributed by atoms with E-state index < -0.39 is 5.82 Å². The number of benzene rings is 2. The molecule has 0 atom stereocenters. The zero-order chi connectivity index (χ0) is 18.4. The number of aromatic nitrogens is 3. The van der Waals surface area contributed by atoms with Crippen LogP contribution in [0.25, 0.3) is 0 Å². The molecule has 26 heavy (non-hydrogen) atoms. The molecular weight excluding hydrogens is 423 g/mol. The predicted octanol–water partition coefficient (Wildman–Crippen LogP) is 4.02. The monoisotopic (exact) mass is 436 g/mol. The van der Waals surface area contributed by atoms with Gasteiger partial charge in [-0.2, -0.15) is 0 Å². The Bertz CT molecular complexity index is 891. The molecular formula is C17H14BrFN4O2S. The highest BCUT2D eigenvalue weighted by Gasteiger charge is 2.11. The zero-order valence-corrected chi connectivity index (χ0v) is 15.8. The number of nitrogens with zero attached hydrogens (tertiary/aromatic N) is 2. The molecule has 0 unspecified atom stereocenters. The van der Waals surface area contributed by atoms with E-state index in [1.807, 2.05) is 30.3 Å². The van der Waals surface area contributed by atoms with E-state index in [2.05, 4.69) is 36.4 Å². The van der Waals surface area contributed by atoms with E-state index in [0.717, 1.165) is 17.5 Å². The van der Waals surface area contributed by atoms with Gasteiger partial charge >= 0.3 is 0 Å². The predicted molar refractivity (Wildman–Crippen MR) is 101 cm³/mol. The third-order valence-corrected chi connectivity index (χ3v) is 4.51. The van der Waals surface area contributed by atoms with E-state index in [9.17, 15) is 9.18 Å². The van der Waals surface area contributed by atoms with Crippen LogP contribution < -0.4 is 10.1 Å². The summed E-state index contributed by atoms with van der Waals surface area (Å²) in [6.07, 6.45) is 0. The molecule has 0 radical (unpaired) electrons. The van der Waals surface area contributed by atoms with Crippen LogP contribution in [0.15, 0.2) is 58.2 Å². The number of anilines is 1. The molecule has 0 saturated carbocycles. The quantitative estimate of drug-likeness (QED) is 0.546. The average molecular weight is 437 g/mol. The number of carbonyl (C=O) groups is 1. The summed E-state index contributed by atoms with van der Waals surface area (Å²) in [7, 11) is 0. The minimum atomic E-state index is -0.504. The fourth-order valence-corrected chi connectivity index (χ4v) is 2.93. The van der Waals surface area contributed by atoms with Gasteiger partial charge in [-0.15, -0.1) is 5.10 Å². The summed E-state index contributed by atoms with van der Waals surface area (Å²) in [5.74, 6) is 0.496. The molecule has 0 saturated heterocycles. The van der Waals surface area contributed by atoms with Crippen molar-refractivity contribution in [3.8, 4) is 5.75 Å². The summed E-state index contributed by atoms with van der Waals surface area (Å²) in [5.41, 5.74) is 0.130. The first-order chi connectivity index (χ1) is 12.6. The maximum atomic E-state index is 13.7. The lowest BCUT2D eigenvalue weighted by Crippen LogP contribution is -2.15. The van der Waals surface area contributed by atoms with Crippen LogP contribution in [0.3, 0.4) is 0 Å². The van der Waals surface area contributed by atoms with Crippen LogP contribution >= 0.6 is 27.7 Å². The van der Waals surface area contributed by atoms with Gasteiger partial charge in [0.25, 0.3) is 0 Å². The fourth-order valence-electron chi connectivity index (χ4n) is 1.98. The number of para-hydroxylation sites is 1. The van der Waals surface area contributed by atoms with Crippen molar-refractivity contribution in [1.82, 2.24) is 15.2 Å². The van der Waals surface area contributed by atoms with E-state index in [1.54, 1.807) is 6.07 Å². The van der Waals surface area contributed by atoms with Gasteiger partial charge in [-0.3, -0.25) is 9.89 Å². The van der Waals surface area contributed by atoms with Crippen LogP contribution in [0.2, 0.25) is 0 Å². The molecule has 2 N–H and O–H groups in total. The Labute approximate surface area is 161 Å². The molecule has 0 fully saturated rings. The Kier molecular flexibility index (Phi) is 6.24. The second-order valence-electron chi connectivity index (χ2n) is 5.13. The van der Waals surface area contributed by atoms with Gasteiger partial charge in [-0.1, -0.05) is 45.9 Å². The number of thioether (sulfide) groups is 1. The molecule has 0 aliphatic heterocycles. The first-order valence-electron chi connectivity index (χ1n) is 7.57. The molecule has 1 aromatic heterocycles. The summed E-state index contributed by atoms with van der Waals surface area (Å²) in [5, 5.41) is 9.72. The van der Waals surface area contributed by atoms with Crippen LogP contribution in [0.5, 0.6) is 5.75 Å². The Morgan fingerprint density at radius 3 is 2.85 bits per heavy atom. The van der Waals surface area contributed by atoms with Crippen molar-refractivity contribution in [2.45, 2.75) is 11.8 Å². The highest BCUT2D eigenvalue weighted by molar-refractivity contribution is 9.10. The number of ether oxygens (including phenoxy) is 1. The van der Waals surface area contributed by atoms with E-state index in [4.69, 9.17) is 4.74 Å². The molecule has 3 aromatic rings. The van der Waals surface area contributed by atoms with Crippen molar-refractivity contribution in [2.24, 2.45) is 0 Å². The van der Waals surface area contributed by atoms with Crippen LogP contribution in [-0.2, 0) is 11.4 Å². The molecule has 134 valence electrons. The smallest absolute Gasteiger partial charge is 0.234 e. The number of amides is 1. The van der Waals surface area contributed by atoms with Gasteiger partial charge in [-0.25, -0.2) is 9.37 Å². The molecule has 0 aliphatic carbocycles. The van der Waals surface area contributed by atoms with E-state index in [-0.39, 0.29) is 24.0 Å². The largest absolute Gasteiger partial charge is 0.486 e. The summed E-state index contributed by atoms with van der Waals surface area (Å²) in [6, 6.07) is 13.8. The molecule has 0 bridgehead atoms. The second kappa shape index (κ2) is 8.81. The van der Waals surface area contributed by atoms with E-state index in [0.29, 0.717) is 15.5 Å². The first-order valence-corrected chi connectivity index (χ1v) is 9.35. The average Bonchev–Trinajstić information content (AvgIpc) is 3.09. The number of H-pyrrole nitrogens is 1. The van der Waals surface area contributed by atoms with Crippen LogP contribution in [0.4, 0.5) is 10.1 Å². The van der Waals surface area contributed by atoms with Crippen molar-refractivity contribution in [3.63, 3.8) is 0 Å². The number of rotatable bonds is 7. The molecule has 6 nitrogen and oxygen atoms in total. The highest BCUT2D eigenvalue weighted by atomic mass is 79.9. The normalized spacial score (nSPS) is 10.5. The standard InChI is InChI=1S/C17H14BrFN4O2S/c18-11-6-7-14(13(19)8-11)20-16(24)10-26-17-21-15(22-23-17)9-25-12-4-2-1-3-5-12/h1-8H,9-10H2,(H,20,24)(H,21,22,23). The van der Waals surface area contributed by atoms with E-state index in [1.165, 1.54) is 12.1 Å². The Hall–Kier alpha value is -2.39. The topological polar surface area (TPSA) is 79.9 Å². The minimum Gasteiger partial charge on any atom is -0.486 e. The number of carbonyl (C=O) groups excluding carboxylic acids is 1. The number of nitrogens with one attached hydrogen (secondary N) is 2. The molecule has 0 spiro atoms. The lowest BCUT2D eigenvalue weighted by Gasteiger charge is -2.05. The third-order valence-electron chi connectivity index (χ3n) is 3.17. The molecule has 1 heterocycles. The third kappa shape index (κ3) is 5.30. The molecule has 3 rings (SSSR count). The molecule has 1 amide bonds. The maximum Gasteiger partial charge on any atom is 0.234 e. The van der Waals surface area contributed by atoms with Crippen molar-refractivity contribution >= 4 is 39.3 Å². The van der Waals surface area contributed by atoms with Gasteiger partial charge in [0, 0.05) is 4.47 Å². The molecule has 2 aromatic carbocycles. The SMILES string of the molecule is O=C(CSc1n[nH]c(COc2ccccc2)n1)Nc1ccc(Br)cc1F. The van der Waals surface area contributed by atoms with E-state index >= 15 is 0 Å². The van der Waals surface area contributed by atoms with Gasteiger partial charge in [0.1, 0.15) is 18.2 Å². The number of hydrogen-bond acceptors (Lipinski definition) is 5. The molecule has 0 aliphatic rings. The maximum absolute atomic E-state index is 13.7. The van der Waals surface area contributed by atoms with Gasteiger partial charge in [0.05, 0.1) is 11.4 Å². The van der Waals surface area contributed by atoms with Gasteiger partial charge in [0.15, 0.2) is 5.82 Å². The first kappa shape index (κ1) is 18.4. The molecule has 9 heteroatoms. The summed E-state index contributed by atoms with van der Waals surface area (Å²) >= 11 is 4.31. The second-order valence-corrected chi connectivity index (χ2v) is 6.99. The van der Waals surface area contributed by atoms with Crippen molar-refractivity contribution in [3.05, 3.63) is 64.6 Å². The lowest BCUT2D eigenvalue weighted by molar-refractivity contribution is -0.113. The van der Waals surface area contributed by atoms with Gasteiger partial charge in [-0.05, 0) is 30.3 Å². The minimum absolute atomic E-state index is 0.0618. The van der Waals surface area contributed by atoms with Gasteiger partial charge < -0.3 is 10.1 Å². The summed E-state index contributed by atoms with van der Waals surface area (Å²) < 4.78 is 19.9. The summed E-state index contributed by atoms with van der Waals surface area (Å²) in [4.78, 5) is 16.2. The van der Waals surface area contributed by atoms with Gasteiger partial charge in [0.2, 0.25) is 11.1 Å². The Morgan fingerprint density at radius 1 is 1.27 bits per heavy atom. The zero-order valence-electron chi connectivity index (χ0n) is 13.4. The number of hydrogen-bond donors (Lipinski definition) is 2. The number of halogens is 2. The summed E-state index contributed by atoms with van der Waals surface area (Å²) in [6.45, 7) is 0.244. The van der Waals surface area contributed by atoms with Crippen LogP contribution in [0, 0.1) is 5.82 Å². The van der Waals surface area contributed by atoms with Crippen molar-refractivity contribution in [2.75, 3.05) is 11.1 Å². The van der Waals surface area contributed by atoms with Crippen LogP contribution in [0.1, 0.15) is 5.82 Å². The Balaban J connectivity index is 1.47. The number of aromatic amines is 1. The van der Waals surface area contributed by atoms with Crippen molar-refractivity contribution in [1.29, 1.82) is 0 Å². The van der Waals surface area contributed by atoms with Crippen LogP contribution in [-0.4, -0.2) is 26.8 Å². The fraction of sp³-hybridized carbons (Fsp3) is 0.118. The highest BCUT2D eigenvalue weighted by Crippen LogP contribution is 2.20.